The first-order valence-electron chi connectivity index (χ1n) is 4.62. The molecule has 0 saturated carbocycles. The third-order valence-electron chi connectivity index (χ3n) is 1.56. The minimum atomic E-state index is -0.168. The highest BCUT2D eigenvalue weighted by atomic mass is 35.5. The average molecular weight is 246 g/mol. The lowest BCUT2D eigenvalue weighted by Crippen LogP contribution is -2.04. The zero-order valence-electron chi connectivity index (χ0n) is 8.40. The van der Waals surface area contributed by atoms with Crippen molar-refractivity contribution in [2.75, 3.05) is 12.4 Å². The minimum Gasteiger partial charge on any atom is -0.466 e. The molecule has 0 bridgehead atoms. The molecule has 0 radical (unpaired) electrons. The van der Waals surface area contributed by atoms with Gasteiger partial charge in [0.15, 0.2) is 0 Å². The van der Waals surface area contributed by atoms with E-state index in [1.54, 1.807) is 19.2 Å². The van der Waals surface area contributed by atoms with Crippen molar-refractivity contribution < 1.29 is 9.53 Å². The molecule has 0 aliphatic carbocycles. The number of esters is 1. The van der Waals surface area contributed by atoms with Gasteiger partial charge in [-0.15, -0.1) is 11.8 Å². The van der Waals surface area contributed by atoms with E-state index in [4.69, 9.17) is 16.3 Å². The van der Waals surface area contributed by atoms with Crippen molar-refractivity contribution in [1.29, 1.82) is 0 Å². The summed E-state index contributed by atoms with van der Waals surface area (Å²) in [6.07, 6.45) is 2.00. The van der Waals surface area contributed by atoms with Crippen LogP contribution in [0, 0.1) is 0 Å². The lowest BCUT2D eigenvalue weighted by molar-refractivity contribution is -0.142. The molecule has 0 unspecified atom stereocenters. The molecule has 1 rings (SSSR count). The molecule has 0 N–H and O–H groups in total. The second-order valence-corrected chi connectivity index (χ2v) is 4.27. The summed E-state index contributed by atoms with van der Waals surface area (Å²) in [5, 5.41) is 1.48. The summed E-state index contributed by atoms with van der Waals surface area (Å²) in [6, 6.07) is 3.61. The van der Waals surface area contributed by atoms with Gasteiger partial charge in [0.05, 0.1) is 23.1 Å². The van der Waals surface area contributed by atoms with Crippen LogP contribution in [0.5, 0.6) is 0 Å². The number of carbonyl (C=O) groups is 1. The summed E-state index contributed by atoms with van der Waals surface area (Å²) in [5.41, 5.74) is 0. The van der Waals surface area contributed by atoms with Crippen molar-refractivity contribution in [1.82, 2.24) is 4.98 Å². The molecule has 0 fully saturated rings. The maximum atomic E-state index is 11.0. The lowest BCUT2D eigenvalue weighted by Gasteiger charge is -2.01. The quantitative estimate of drug-likeness (QED) is 0.591. The van der Waals surface area contributed by atoms with Crippen molar-refractivity contribution in [2.45, 2.75) is 18.4 Å². The Labute approximate surface area is 98.2 Å². The molecular formula is C10H12ClNO2S. The van der Waals surface area contributed by atoms with Gasteiger partial charge in [-0.25, -0.2) is 4.98 Å². The van der Waals surface area contributed by atoms with Gasteiger partial charge in [0.1, 0.15) is 0 Å². The Hall–Kier alpha value is -0.740. The van der Waals surface area contributed by atoms with Gasteiger partial charge in [0.2, 0.25) is 0 Å². The van der Waals surface area contributed by atoms with Crippen LogP contribution in [0.15, 0.2) is 23.4 Å². The number of rotatable bonds is 5. The third-order valence-corrected chi connectivity index (χ3v) is 2.73. The van der Waals surface area contributed by atoms with Crippen molar-refractivity contribution in [3.05, 3.63) is 23.4 Å². The zero-order valence-corrected chi connectivity index (χ0v) is 9.98. The van der Waals surface area contributed by atoms with Crippen molar-refractivity contribution in [3.63, 3.8) is 0 Å². The molecule has 0 aliphatic heterocycles. The van der Waals surface area contributed by atoms with Crippen molar-refractivity contribution >= 4 is 29.3 Å². The summed E-state index contributed by atoms with van der Waals surface area (Å²) >= 11 is 7.20. The second-order valence-electron chi connectivity index (χ2n) is 2.72. The molecule has 1 aromatic heterocycles. The fourth-order valence-corrected chi connectivity index (χ4v) is 1.80. The molecule has 0 atom stereocenters. The number of aromatic nitrogens is 1. The van der Waals surface area contributed by atoms with E-state index < -0.39 is 0 Å². The standard InChI is InChI=1S/C10H12ClNO2S/c1-2-14-10(13)5-6-15-9-4-3-8(11)7-12-9/h3-4,7H,2,5-6H2,1H3. The van der Waals surface area contributed by atoms with E-state index in [1.165, 1.54) is 11.8 Å². The van der Waals surface area contributed by atoms with E-state index in [-0.39, 0.29) is 5.97 Å². The molecule has 1 aromatic rings. The van der Waals surface area contributed by atoms with Crippen molar-refractivity contribution in [3.8, 4) is 0 Å². The average Bonchev–Trinajstić information content (AvgIpc) is 2.21. The number of hydrogen-bond acceptors (Lipinski definition) is 4. The predicted octanol–water partition coefficient (Wildman–Crippen LogP) is 2.78. The van der Waals surface area contributed by atoms with Gasteiger partial charge in [-0.1, -0.05) is 11.6 Å². The number of hydrogen-bond donors (Lipinski definition) is 0. The molecule has 0 spiro atoms. The number of ether oxygens (including phenoxy) is 1. The number of thioether (sulfide) groups is 1. The SMILES string of the molecule is CCOC(=O)CCSc1ccc(Cl)cn1. The van der Waals surface area contributed by atoms with Crippen LogP contribution >= 0.6 is 23.4 Å². The number of nitrogens with zero attached hydrogens (tertiary/aromatic N) is 1. The van der Waals surface area contributed by atoms with Gasteiger partial charge in [0, 0.05) is 11.9 Å². The first kappa shape index (κ1) is 12.3. The van der Waals surface area contributed by atoms with Gasteiger partial charge in [0.25, 0.3) is 0 Å². The van der Waals surface area contributed by atoms with Crippen LogP contribution < -0.4 is 0 Å². The zero-order chi connectivity index (χ0) is 11.1. The Balaban J connectivity index is 2.26. The van der Waals surface area contributed by atoms with E-state index in [9.17, 15) is 4.79 Å². The summed E-state index contributed by atoms with van der Waals surface area (Å²) < 4.78 is 4.81. The van der Waals surface area contributed by atoms with Gasteiger partial charge >= 0.3 is 5.97 Å². The normalized spacial score (nSPS) is 10.0. The van der Waals surface area contributed by atoms with Crippen LogP contribution in [0.3, 0.4) is 0 Å². The fourth-order valence-electron chi connectivity index (χ4n) is 0.920. The first-order valence-corrected chi connectivity index (χ1v) is 5.98. The summed E-state index contributed by atoms with van der Waals surface area (Å²) in [6.45, 7) is 2.23. The molecule has 0 aromatic carbocycles. The van der Waals surface area contributed by atoms with Crippen molar-refractivity contribution in [2.24, 2.45) is 0 Å². The predicted molar refractivity (Wildman–Crippen MR) is 61.2 cm³/mol. The fraction of sp³-hybridized carbons (Fsp3) is 0.400. The summed E-state index contributed by atoms with van der Waals surface area (Å²) in [7, 11) is 0. The molecule has 5 heteroatoms. The van der Waals surface area contributed by atoms with E-state index in [0.717, 1.165) is 5.03 Å². The van der Waals surface area contributed by atoms with E-state index in [1.807, 2.05) is 6.07 Å². The Morgan fingerprint density at radius 3 is 3.00 bits per heavy atom. The molecule has 82 valence electrons. The largest absolute Gasteiger partial charge is 0.466 e. The maximum Gasteiger partial charge on any atom is 0.306 e. The Bertz CT molecular complexity index is 316. The van der Waals surface area contributed by atoms with Gasteiger partial charge in [-0.05, 0) is 19.1 Å². The highest BCUT2D eigenvalue weighted by molar-refractivity contribution is 7.99. The number of carbonyl (C=O) groups excluding carboxylic acids is 1. The van der Waals surface area contributed by atoms with Gasteiger partial charge in [-0.3, -0.25) is 4.79 Å². The lowest BCUT2D eigenvalue weighted by atomic mass is 10.5. The first-order chi connectivity index (χ1) is 7.22. The van der Waals surface area contributed by atoms with Gasteiger partial charge in [-0.2, -0.15) is 0 Å². The molecule has 0 aliphatic rings. The van der Waals surface area contributed by atoms with Gasteiger partial charge < -0.3 is 4.74 Å². The molecule has 0 amide bonds. The van der Waals surface area contributed by atoms with E-state index in [2.05, 4.69) is 4.98 Å². The molecular weight excluding hydrogens is 234 g/mol. The van der Waals surface area contributed by atoms with Crippen LogP contribution in [0.4, 0.5) is 0 Å². The number of pyridine rings is 1. The van der Waals surface area contributed by atoms with Crippen LogP contribution in [0.2, 0.25) is 5.02 Å². The van der Waals surface area contributed by atoms with Crippen LogP contribution in [-0.4, -0.2) is 23.3 Å². The maximum absolute atomic E-state index is 11.0. The Morgan fingerprint density at radius 1 is 1.60 bits per heavy atom. The molecule has 15 heavy (non-hydrogen) atoms. The van der Waals surface area contributed by atoms with Crippen LogP contribution in [-0.2, 0) is 9.53 Å². The highest BCUT2D eigenvalue weighted by Gasteiger charge is 2.02. The molecule has 3 nitrogen and oxygen atoms in total. The van der Waals surface area contributed by atoms with E-state index >= 15 is 0 Å². The minimum absolute atomic E-state index is 0.168. The monoisotopic (exact) mass is 245 g/mol. The Kier molecular flexibility index (Phi) is 5.50. The number of halogens is 1. The molecule has 1 heterocycles. The smallest absolute Gasteiger partial charge is 0.306 e. The topological polar surface area (TPSA) is 39.2 Å². The third kappa shape index (κ3) is 5.04. The van der Waals surface area contributed by atoms with Crippen LogP contribution in [0.25, 0.3) is 0 Å². The second kappa shape index (κ2) is 6.69. The molecule has 0 saturated heterocycles. The van der Waals surface area contributed by atoms with Crippen LogP contribution in [0.1, 0.15) is 13.3 Å². The van der Waals surface area contributed by atoms with E-state index in [0.29, 0.717) is 23.8 Å². The summed E-state index contributed by atoms with van der Waals surface area (Å²) in [5.74, 6) is 0.506. The highest BCUT2D eigenvalue weighted by Crippen LogP contribution is 2.17. The Morgan fingerprint density at radius 2 is 2.40 bits per heavy atom. The summed E-state index contributed by atoms with van der Waals surface area (Å²) in [4.78, 5) is 15.1.